The van der Waals surface area contributed by atoms with Crippen LogP contribution in [0.2, 0.25) is 0 Å². The largest absolute Gasteiger partial charge is 0.333 e. The fourth-order valence-electron chi connectivity index (χ4n) is 2.34. The van der Waals surface area contributed by atoms with E-state index in [0.29, 0.717) is 5.92 Å². The van der Waals surface area contributed by atoms with Gasteiger partial charge >= 0.3 is 6.03 Å². The minimum atomic E-state index is -0.403. The Hall–Kier alpha value is -2.07. The van der Waals surface area contributed by atoms with Gasteiger partial charge < -0.3 is 5.32 Å². The molecule has 0 heterocycles. The van der Waals surface area contributed by atoms with Gasteiger partial charge in [-0.25, -0.2) is 10.6 Å². The molecule has 2 aromatic carbocycles. The summed E-state index contributed by atoms with van der Waals surface area (Å²) in [6.45, 7) is 0. The summed E-state index contributed by atoms with van der Waals surface area (Å²) in [7, 11) is 0. The minimum absolute atomic E-state index is 0.403. The fraction of sp³-hybridized carbons (Fsp3) is 0.214. The Kier molecular flexibility index (Phi) is 2.64. The minimum Gasteiger partial charge on any atom is -0.306 e. The summed E-state index contributed by atoms with van der Waals surface area (Å²) in [5, 5.41) is 5.02. The Morgan fingerprint density at radius 2 is 1.83 bits per heavy atom. The van der Waals surface area contributed by atoms with Crippen molar-refractivity contribution in [2.75, 3.05) is 5.32 Å². The van der Waals surface area contributed by atoms with Crippen molar-refractivity contribution in [1.29, 1.82) is 0 Å². The molecule has 4 nitrogen and oxygen atoms in total. The maximum absolute atomic E-state index is 11.3. The van der Waals surface area contributed by atoms with Crippen LogP contribution in [0, 0.1) is 0 Å². The second-order valence-electron chi connectivity index (χ2n) is 4.62. The van der Waals surface area contributed by atoms with Gasteiger partial charge in [-0.3, -0.25) is 5.43 Å². The van der Waals surface area contributed by atoms with Crippen LogP contribution in [-0.4, -0.2) is 6.03 Å². The van der Waals surface area contributed by atoms with Crippen LogP contribution in [0.25, 0.3) is 10.8 Å². The summed E-state index contributed by atoms with van der Waals surface area (Å²) in [5.74, 6) is 5.78. The molecule has 1 saturated carbocycles. The molecule has 1 aliphatic carbocycles. The molecule has 1 fully saturated rings. The van der Waals surface area contributed by atoms with E-state index in [1.54, 1.807) is 0 Å². The first-order valence-corrected chi connectivity index (χ1v) is 6.09. The Bertz CT molecular complexity index is 605. The molecule has 4 N–H and O–H groups in total. The first-order valence-electron chi connectivity index (χ1n) is 6.09. The normalized spacial score (nSPS) is 14.5. The highest BCUT2D eigenvalue weighted by Gasteiger charge is 2.25. The zero-order valence-corrected chi connectivity index (χ0v) is 9.94. The van der Waals surface area contributed by atoms with E-state index in [9.17, 15) is 4.79 Å². The smallest absolute Gasteiger partial charge is 0.306 e. The van der Waals surface area contributed by atoms with Crippen molar-refractivity contribution in [3.8, 4) is 0 Å². The number of rotatable bonds is 2. The first-order chi connectivity index (χ1) is 8.79. The molecule has 1 aliphatic rings. The highest BCUT2D eigenvalue weighted by Crippen LogP contribution is 2.44. The van der Waals surface area contributed by atoms with E-state index in [2.05, 4.69) is 22.9 Å². The molecular formula is C14H15N3O. The van der Waals surface area contributed by atoms with Crippen molar-refractivity contribution in [1.82, 2.24) is 5.43 Å². The zero-order chi connectivity index (χ0) is 12.5. The second kappa shape index (κ2) is 4.31. The molecule has 0 radical (unpaired) electrons. The molecule has 0 aliphatic heterocycles. The average molecular weight is 241 g/mol. The van der Waals surface area contributed by atoms with Crippen molar-refractivity contribution < 1.29 is 4.79 Å². The molecule has 2 amide bonds. The third-order valence-electron chi connectivity index (χ3n) is 3.35. The van der Waals surface area contributed by atoms with Crippen molar-refractivity contribution >= 4 is 22.5 Å². The van der Waals surface area contributed by atoms with E-state index in [4.69, 9.17) is 5.84 Å². The molecule has 2 aromatic rings. The Labute approximate surface area is 105 Å². The van der Waals surface area contributed by atoms with Gasteiger partial charge in [-0.2, -0.15) is 0 Å². The Balaban J connectivity index is 2.10. The molecule has 0 unspecified atom stereocenters. The predicted octanol–water partition coefficient (Wildman–Crippen LogP) is 2.71. The van der Waals surface area contributed by atoms with Gasteiger partial charge in [0, 0.05) is 5.39 Å². The number of hydrazine groups is 1. The van der Waals surface area contributed by atoms with Crippen molar-refractivity contribution in [3.05, 3.63) is 42.0 Å². The van der Waals surface area contributed by atoms with Gasteiger partial charge in [0.25, 0.3) is 0 Å². The van der Waals surface area contributed by atoms with E-state index in [0.717, 1.165) is 11.1 Å². The lowest BCUT2D eigenvalue weighted by Crippen LogP contribution is -2.34. The van der Waals surface area contributed by atoms with E-state index >= 15 is 0 Å². The molecule has 18 heavy (non-hydrogen) atoms. The van der Waals surface area contributed by atoms with Crippen LogP contribution in [-0.2, 0) is 0 Å². The number of benzene rings is 2. The first kappa shape index (κ1) is 11.0. The molecule has 0 spiro atoms. The molecule has 0 aromatic heterocycles. The number of carbonyl (C=O) groups is 1. The van der Waals surface area contributed by atoms with Gasteiger partial charge in [0.2, 0.25) is 0 Å². The van der Waals surface area contributed by atoms with Gasteiger partial charge in [0.1, 0.15) is 0 Å². The molecule has 3 rings (SSSR count). The van der Waals surface area contributed by atoms with Crippen LogP contribution >= 0.6 is 0 Å². The van der Waals surface area contributed by atoms with Gasteiger partial charge in [-0.15, -0.1) is 0 Å². The number of hydrogen-bond donors (Lipinski definition) is 3. The average Bonchev–Trinajstić information content (AvgIpc) is 3.23. The van der Waals surface area contributed by atoms with Crippen LogP contribution in [0.3, 0.4) is 0 Å². The number of amides is 2. The van der Waals surface area contributed by atoms with E-state index in [-0.39, 0.29) is 0 Å². The van der Waals surface area contributed by atoms with Crippen molar-refractivity contribution in [3.63, 3.8) is 0 Å². The van der Waals surface area contributed by atoms with Crippen LogP contribution in [0.15, 0.2) is 36.4 Å². The maximum atomic E-state index is 11.3. The second-order valence-corrected chi connectivity index (χ2v) is 4.62. The number of fused-ring (bicyclic) bond motifs is 1. The quantitative estimate of drug-likeness (QED) is 0.430. The summed E-state index contributed by atoms with van der Waals surface area (Å²) < 4.78 is 0. The van der Waals surface area contributed by atoms with E-state index in [1.165, 1.54) is 23.8 Å². The van der Waals surface area contributed by atoms with Crippen LogP contribution in [0.4, 0.5) is 10.5 Å². The predicted molar refractivity (Wildman–Crippen MR) is 72.3 cm³/mol. The fourth-order valence-corrected chi connectivity index (χ4v) is 2.34. The monoisotopic (exact) mass is 241 g/mol. The lowest BCUT2D eigenvalue weighted by Gasteiger charge is -2.11. The summed E-state index contributed by atoms with van der Waals surface area (Å²) in [5.41, 5.74) is 4.25. The van der Waals surface area contributed by atoms with Crippen LogP contribution < -0.4 is 16.6 Å². The van der Waals surface area contributed by atoms with Gasteiger partial charge in [0.05, 0.1) is 5.69 Å². The molecule has 0 atom stereocenters. The van der Waals surface area contributed by atoms with Gasteiger partial charge in [-0.05, 0) is 35.8 Å². The van der Waals surface area contributed by atoms with Crippen LogP contribution in [0.1, 0.15) is 24.3 Å². The standard InChI is InChI=1S/C14H15N3O/c15-17-14(18)16-13-8-7-10(9-5-6-9)11-3-1-2-4-12(11)13/h1-4,7-9H,5-6,15H2,(H2,16,17,18). The summed E-state index contributed by atoms with van der Waals surface area (Å²) in [6.07, 6.45) is 2.53. The summed E-state index contributed by atoms with van der Waals surface area (Å²) in [6, 6.07) is 11.8. The summed E-state index contributed by atoms with van der Waals surface area (Å²) in [4.78, 5) is 11.3. The molecular weight excluding hydrogens is 226 g/mol. The highest BCUT2D eigenvalue weighted by molar-refractivity contribution is 6.02. The SMILES string of the molecule is NNC(=O)Nc1ccc(C2CC2)c2ccccc12. The summed E-state index contributed by atoms with van der Waals surface area (Å²) >= 11 is 0. The number of nitrogens with one attached hydrogen (secondary N) is 2. The molecule has 0 saturated heterocycles. The highest BCUT2D eigenvalue weighted by atomic mass is 16.2. The number of anilines is 1. The van der Waals surface area contributed by atoms with E-state index in [1.807, 2.05) is 24.3 Å². The third-order valence-corrected chi connectivity index (χ3v) is 3.35. The molecule has 0 bridgehead atoms. The Morgan fingerprint density at radius 3 is 2.50 bits per heavy atom. The van der Waals surface area contributed by atoms with E-state index < -0.39 is 6.03 Å². The van der Waals surface area contributed by atoms with Gasteiger partial charge in [0.15, 0.2) is 0 Å². The lowest BCUT2D eigenvalue weighted by molar-refractivity contribution is 0.252. The number of hydrogen-bond acceptors (Lipinski definition) is 2. The van der Waals surface area contributed by atoms with Gasteiger partial charge in [-0.1, -0.05) is 30.3 Å². The zero-order valence-electron chi connectivity index (χ0n) is 9.94. The topological polar surface area (TPSA) is 67.1 Å². The number of urea groups is 1. The van der Waals surface area contributed by atoms with Crippen LogP contribution in [0.5, 0.6) is 0 Å². The molecule has 92 valence electrons. The number of carbonyl (C=O) groups excluding carboxylic acids is 1. The van der Waals surface area contributed by atoms with Crippen molar-refractivity contribution in [2.45, 2.75) is 18.8 Å². The number of nitrogens with two attached hydrogens (primary N) is 1. The molecule has 4 heteroatoms. The lowest BCUT2D eigenvalue weighted by atomic mass is 10.00. The Morgan fingerprint density at radius 1 is 1.11 bits per heavy atom. The maximum Gasteiger partial charge on any atom is 0.333 e. The van der Waals surface area contributed by atoms with Crippen molar-refractivity contribution in [2.24, 2.45) is 5.84 Å². The third kappa shape index (κ3) is 1.91.